The molecule has 2 rings (SSSR count). The molecule has 0 fully saturated rings. The lowest BCUT2D eigenvalue weighted by molar-refractivity contribution is -0.105. The minimum atomic E-state index is 0.515. The number of aryl methyl sites for hydroxylation is 1. The maximum absolute atomic E-state index is 10.8. The summed E-state index contributed by atoms with van der Waals surface area (Å²) in [7, 11) is 1.89. The summed E-state index contributed by atoms with van der Waals surface area (Å²) in [6.07, 6.45) is 2.60. The van der Waals surface area contributed by atoms with Crippen molar-refractivity contribution in [3.63, 3.8) is 0 Å². The van der Waals surface area contributed by atoms with Crippen molar-refractivity contribution < 1.29 is 4.79 Å². The highest BCUT2D eigenvalue weighted by Crippen LogP contribution is 2.27. The van der Waals surface area contributed by atoms with Gasteiger partial charge in [0.2, 0.25) is 6.41 Å². The molecule has 0 aliphatic carbocycles. The van der Waals surface area contributed by atoms with Crippen LogP contribution in [0.5, 0.6) is 0 Å². The van der Waals surface area contributed by atoms with Gasteiger partial charge in [-0.05, 0) is 37.1 Å². The molecule has 0 saturated heterocycles. The second kappa shape index (κ2) is 6.48. The number of carbonyl (C=O) groups excluding carboxylic acids is 1. The Hall–Kier alpha value is -2.54. The summed E-state index contributed by atoms with van der Waals surface area (Å²) >= 11 is 0. The first kappa shape index (κ1) is 15.8. The van der Waals surface area contributed by atoms with Crippen molar-refractivity contribution in [3.8, 4) is 5.82 Å². The number of hydrogen-bond acceptors (Lipinski definition) is 5. The third-order valence-corrected chi connectivity index (χ3v) is 3.67. The molecular formula is C15H22N6O. The van der Waals surface area contributed by atoms with Crippen LogP contribution in [0.15, 0.2) is 18.3 Å². The van der Waals surface area contributed by atoms with Gasteiger partial charge in [0.25, 0.3) is 0 Å². The Morgan fingerprint density at radius 1 is 1.41 bits per heavy atom. The first-order valence-electron chi connectivity index (χ1n) is 7.06. The molecule has 1 amide bonds. The van der Waals surface area contributed by atoms with E-state index in [0.717, 1.165) is 11.1 Å². The third kappa shape index (κ3) is 2.89. The number of nitrogens with zero attached hydrogens (tertiary/aromatic N) is 3. The Morgan fingerprint density at radius 3 is 2.77 bits per heavy atom. The highest BCUT2D eigenvalue weighted by molar-refractivity contribution is 5.74. The second-order valence-corrected chi connectivity index (χ2v) is 5.21. The number of anilines is 3. The minimum Gasteiger partial charge on any atom is -0.396 e. The van der Waals surface area contributed by atoms with E-state index in [4.69, 9.17) is 11.5 Å². The summed E-state index contributed by atoms with van der Waals surface area (Å²) in [6, 6.07) is 3.63. The molecule has 0 radical (unpaired) electrons. The number of pyridine rings is 1. The number of aromatic nitrogens is 2. The van der Waals surface area contributed by atoms with E-state index in [-0.39, 0.29) is 0 Å². The molecule has 7 heteroatoms. The summed E-state index contributed by atoms with van der Waals surface area (Å²) < 4.78 is 1.85. The molecule has 0 aromatic carbocycles. The molecule has 0 bridgehead atoms. The normalized spacial score (nSPS) is 10.5. The van der Waals surface area contributed by atoms with Crippen molar-refractivity contribution in [2.24, 2.45) is 5.73 Å². The van der Waals surface area contributed by atoms with E-state index in [9.17, 15) is 4.79 Å². The van der Waals surface area contributed by atoms with Crippen LogP contribution in [0.2, 0.25) is 0 Å². The van der Waals surface area contributed by atoms with Gasteiger partial charge in [0.05, 0.1) is 5.69 Å². The smallest absolute Gasteiger partial charge is 0.212 e. The van der Waals surface area contributed by atoms with Crippen molar-refractivity contribution in [2.75, 3.05) is 36.1 Å². The van der Waals surface area contributed by atoms with E-state index in [2.05, 4.69) is 10.3 Å². The second-order valence-electron chi connectivity index (χ2n) is 5.21. The van der Waals surface area contributed by atoms with E-state index in [0.29, 0.717) is 42.6 Å². The first-order chi connectivity index (χ1) is 10.5. The molecule has 0 spiro atoms. The van der Waals surface area contributed by atoms with Crippen LogP contribution in [0, 0.1) is 13.8 Å². The van der Waals surface area contributed by atoms with Gasteiger partial charge in [-0.1, -0.05) is 0 Å². The molecule has 0 unspecified atom stereocenters. The maximum Gasteiger partial charge on any atom is 0.212 e. The lowest BCUT2D eigenvalue weighted by Gasteiger charge is -2.20. The quantitative estimate of drug-likeness (QED) is 0.692. The Balaban J connectivity index is 2.52. The van der Waals surface area contributed by atoms with Gasteiger partial charge in [-0.3, -0.25) is 9.36 Å². The number of nitrogens with two attached hydrogens (primary N) is 2. The molecular weight excluding hydrogens is 280 g/mol. The van der Waals surface area contributed by atoms with Crippen LogP contribution in [0.25, 0.3) is 5.82 Å². The van der Waals surface area contributed by atoms with Crippen LogP contribution in [0.1, 0.15) is 11.1 Å². The van der Waals surface area contributed by atoms with E-state index >= 15 is 0 Å². The van der Waals surface area contributed by atoms with Gasteiger partial charge in [-0.25, -0.2) is 4.98 Å². The molecule has 7 nitrogen and oxygen atoms in total. The van der Waals surface area contributed by atoms with Gasteiger partial charge in [-0.2, -0.15) is 0 Å². The fourth-order valence-corrected chi connectivity index (χ4v) is 2.33. The Labute approximate surface area is 129 Å². The van der Waals surface area contributed by atoms with E-state index in [1.807, 2.05) is 42.6 Å². The van der Waals surface area contributed by atoms with Gasteiger partial charge in [0.15, 0.2) is 5.82 Å². The summed E-state index contributed by atoms with van der Waals surface area (Å²) in [6.45, 7) is 5.11. The number of likely N-dealkylation sites (N-methyl/N-ethyl adjacent to an activating group) is 1. The Bertz CT molecular complexity index is 679. The SMILES string of the molecule is Cc1cn(-c2ccc(N)c(N(C)CCN)n2)c(NC=O)c1C. The highest BCUT2D eigenvalue weighted by atomic mass is 16.1. The average Bonchev–Trinajstić information content (AvgIpc) is 2.77. The molecule has 2 aromatic heterocycles. The highest BCUT2D eigenvalue weighted by Gasteiger charge is 2.14. The molecule has 2 aromatic rings. The summed E-state index contributed by atoms with van der Waals surface area (Å²) in [5.41, 5.74) is 14.3. The maximum atomic E-state index is 10.8. The van der Waals surface area contributed by atoms with Crippen LogP contribution >= 0.6 is 0 Å². The van der Waals surface area contributed by atoms with Gasteiger partial charge in [0, 0.05) is 26.3 Å². The van der Waals surface area contributed by atoms with Gasteiger partial charge in [-0.15, -0.1) is 0 Å². The molecule has 0 saturated carbocycles. The topological polar surface area (TPSA) is 102 Å². The van der Waals surface area contributed by atoms with Gasteiger partial charge >= 0.3 is 0 Å². The lowest BCUT2D eigenvalue weighted by atomic mass is 10.2. The average molecular weight is 302 g/mol. The van der Waals surface area contributed by atoms with Crippen LogP contribution in [0.4, 0.5) is 17.3 Å². The summed E-state index contributed by atoms with van der Waals surface area (Å²) in [5.74, 6) is 2.06. The first-order valence-corrected chi connectivity index (χ1v) is 7.06. The Kier molecular flexibility index (Phi) is 4.67. The number of rotatable bonds is 6. The third-order valence-electron chi connectivity index (χ3n) is 3.67. The van der Waals surface area contributed by atoms with Crippen LogP contribution in [0.3, 0.4) is 0 Å². The van der Waals surface area contributed by atoms with Crippen molar-refractivity contribution in [1.82, 2.24) is 9.55 Å². The number of hydrogen-bond donors (Lipinski definition) is 3. The summed E-state index contributed by atoms with van der Waals surface area (Å²) in [5, 5.41) is 2.73. The van der Waals surface area contributed by atoms with Crippen LogP contribution in [-0.4, -0.2) is 36.1 Å². The lowest BCUT2D eigenvalue weighted by Crippen LogP contribution is -2.27. The molecule has 0 aliphatic rings. The van der Waals surface area contributed by atoms with Gasteiger partial charge < -0.3 is 21.7 Å². The zero-order valence-electron chi connectivity index (χ0n) is 13.1. The number of nitrogen functional groups attached to an aromatic ring is 1. The zero-order valence-corrected chi connectivity index (χ0v) is 13.1. The summed E-state index contributed by atoms with van der Waals surface area (Å²) in [4.78, 5) is 17.4. The standard InChI is InChI=1S/C15H22N6O/c1-10-8-21(14(11(10)2)18-9-22)13-5-4-12(17)15(19-13)20(3)7-6-16/h4-5,8-9H,6-7,16-17H2,1-3H3,(H,18,22). The van der Waals surface area contributed by atoms with E-state index in [1.54, 1.807) is 6.07 Å². The number of carbonyl (C=O) groups is 1. The van der Waals surface area contributed by atoms with Crippen LogP contribution < -0.4 is 21.7 Å². The van der Waals surface area contributed by atoms with Crippen molar-refractivity contribution in [1.29, 1.82) is 0 Å². The van der Waals surface area contributed by atoms with Gasteiger partial charge in [0.1, 0.15) is 11.6 Å². The Morgan fingerprint density at radius 2 is 2.14 bits per heavy atom. The number of nitrogens with one attached hydrogen (secondary N) is 1. The zero-order chi connectivity index (χ0) is 16.3. The molecule has 118 valence electrons. The minimum absolute atomic E-state index is 0.515. The van der Waals surface area contributed by atoms with E-state index < -0.39 is 0 Å². The van der Waals surface area contributed by atoms with Crippen molar-refractivity contribution in [2.45, 2.75) is 13.8 Å². The molecule has 0 atom stereocenters. The fourth-order valence-electron chi connectivity index (χ4n) is 2.33. The largest absolute Gasteiger partial charge is 0.396 e. The fraction of sp³-hybridized carbons (Fsp3) is 0.333. The van der Waals surface area contributed by atoms with Crippen molar-refractivity contribution in [3.05, 3.63) is 29.5 Å². The number of amides is 1. The van der Waals surface area contributed by atoms with E-state index in [1.165, 1.54) is 0 Å². The molecule has 2 heterocycles. The van der Waals surface area contributed by atoms with Crippen LogP contribution in [-0.2, 0) is 4.79 Å². The predicted molar refractivity (Wildman–Crippen MR) is 89.5 cm³/mol. The van der Waals surface area contributed by atoms with Crippen molar-refractivity contribution >= 4 is 23.7 Å². The molecule has 22 heavy (non-hydrogen) atoms. The molecule has 0 aliphatic heterocycles. The predicted octanol–water partition coefficient (Wildman–Crippen LogP) is 1.03. The monoisotopic (exact) mass is 302 g/mol. The molecule has 5 N–H and O–H groups in total.